The van der Waals surface area contributed by atoms with E-state index in [2.05, 4.69) is 15.6 Å². The molecular formula is C48H81N7O14. The molecule has 21 heteroatoms. The second kappa shape index (κ2) is 23.4. The van der Waals surface area contributed by atoms with Gasteiger partial charge in [-0.15, -0.1) is 5.10 Å². The molecule has 6 N–H and O–H groups in total. The van der Waals surface area contributed by atoms with E-state index in [0.717, 1.165) is 0 Å². The number of non-ortho nitro benzene ring substituents is 1. The molecule has 5 rings (SSSR count). The van der Waals surface area contributed by atoms with Gasteiger partial charge < -0.3 is 64.2 Å². The van der Waals surface area contributed by atoms with Crippen LogP contribution in [0.4, 0.5) is 11.4 Å². The van der Waals surface area contributed by atoms with Crippen molar-refractivity contribution in [2.45, 2.75) is 198 Å². The van der Waals surface area contributed by atoms with Crippen molar-refractivity contribution in [2.24, 2.45) is 17.8 Å². The van der Waals surface area contributed by atoms with Crippen LogP contribution in [0.1, 0.15) is 101 Å². The first-order valence-corrected chi connectivity index (χ1v) is 24.4. The van der Waals surface area contributed by atoms with Gasteiger partial charge in [-0.2, -0.15) is 0 Å². The predicted octanol–water partition coefficient (Wildman–Crippen LogP) is 3.08. The maximum atomic E-state index is 14.5. The van der Waals surface area contributed by atoms with E-state index in [1.807, 2.05) is 37.7 Å². The number of anilines is 1. The number of nitrogens with zero attached hydrogens (tertiary/aromatic N) is 6. The summed E-state index contributed by atoms with van der Waals surface area (Å²) in [6.45, 7) is 19.1. The summed E-state index contributed by atoms with van der Waals surface area (Å²) in [7, 11) is 5.21. The molecule has 0 aliphatic carbocycles. The van der Waals surface area contributed by atoms with Gasteiger partial charge in [0.2, 0.25) is 0 Å². The van der Waals surface area contributed by atoms with E-state index in [9.17, 15) is 40.4 Å². The quantitative estimate of drug-likeness (QED) is 0.0902. The Morgan fingerprint density at radius 3 is 2.29 bits per heavy atom. The molecule has 0 bridgehead atoms. The highest BCUT2D eigenvalue weighted by atomic mass is 16.7. The average molecular weight is 980 g/mol. The highest BCUT2D eigenvalue weighted by Gasteiger charge is 2.53. The monoisotopic (exact) mass is 980 g/mol. The van der Waals surface area contributed by atoms with Crippen molar-refractivity contribution in [1.29, 1.82) is 0 Å². The third-order valence-electron chi connectivity index (χ3n) is 14.9. The van der Waals surface area contributed by atoms with Crippen LogP contribution in [-0.2, 0) is 46.3 Å². The normalized spacial score (nSPS) is 40.2. The molecule has 21 nitrogen and oxygen atoms in total. The molecule has 1 aromatic carbocycles. The standard InChI is InChI=1S/C48H81N7O14/c1-14-37-48(10,61)41(57)31(6)53(12)25-27(2)22-46(8,60)43(29(4)40(30(5)44(59)67-37)68-38-23-47(9,64-13)42(58)32(7)66-38)69-45-39(56)36(21-28(3)65-45)52(11)19-20-54-26-34(50-51-54)24-49-33-15-17-35(18-16-33)55(62)63/h15-18,26-32,36-43,45,49,56-58,60-61H,14,19-25H2,1-13H3/t27-,28-,29+,30-,31-,32+,36+,37-,38+,39-,40+,41-,42+,43-,45+,46-,47-,48-/m1/s1. The van der Waals surface area contributed by atoms with Crippen LogP contribution in [-0.4, -0.2) is 186 Å². The Labute approximate surface area is 406 Å². The van der Waals surface area contributed by atoms with E-state index in [0.29, 0.717) is 44.0 Å². The molecular weight excluding hydrogens is 899 g/mol. The van der Waals surface area contributed by atoms with Crippen molar-refractivity contribution >= 4 is 17.3 Å². The third-order valence-corrected chi connectivity index (χ3v) is 14.9. The highest BCUT2D eigenvalue weighted by Crippen LogP contribution is 2.40. The number of esters is 1. The second-order valence-electron chi connectivity index (χ2n) is 20.8. The number of nitrogens with one attached hydrogen (secondary N) is 1. The summed E-state index contributed by atoms with van der Waals surface area (Å²) >= 11 is 0. The van der Waals surface area contributed by atoms with Crippen LogP contribution in [0, 0.1) is 27.9 Å². The predicted molar refractivity (Wildman–Crippen MR) is 254 cm³/mol. The third kappa shape index (κ3) is 13.5. The number of ether oxygens (including phenoxy) is 6. The number of likely N-dealkylation sites (N-methyl/N-ethyl adjacent to an activating group) is 2. The van der Waals surface area contributed by atoms with Crippen LogP contribution in [0.15, 0.2) is 30.5 Å². The van der Waals surface area contributed by atoms with Crippen LogP contribution < -0.4 is 5.32 Å². The van der Waals surface area contributed by atoms with Gasteiger partial charge in [0.25, 0.3) is 5.69 Å². The Hall–Kier alpha value is -3.45. The molecule has 4 heterocycles. The lowest BCUT2D eigenvalue weighted by Gasteiger charge is -2.49. The lowest BCUT2D eigenvalue weighted by molar-refractivity contribution is -0.384. The number of methoxy groups -OCH3 is 1. The first-order valence-electron chi connectivity index (χ1n) is 24.4. The number of nitro groups is 1. The summed E-state index contributed by atoms with van der Waals surface area (Å²) in [5.74, 6) is -2.84. The molecule has 0 unspecified atom stereocenters. The molecule has 392 valence electrons. The maximum Gasteiger partial charge on any atom is 0.311 e. The molecule has 2 aromatic rings. The Balaban J connectivity index is 1.42. The number of cyclic esters (lactones) is 1. The van der Waals surface area contributed by atoms with Crippen molar-refractivity contribution in [1.82, 2.24) is 24.8 Å². The molecule has 3 fully saturated rings. The maximum absolute atomic E-state index is 14.5. The van der Waals surface area contributed by atoms with Crippen LogP contribution in [0.3, 0.4) is 0 Å². The van der Waals surface area contributed by atoms with E-state index in [1.54, 1.807) is 71.5 Å². The van der Waals surface area contributed by atoms with Gasteiger partial charge in [0.1, 0.15) is 35.7 Å². The second-order valence-corrected chi connectivity index (χ2v) is 20.8. The lowest BCUT2D eigenvalue weighted by Crippen LogP contribution is -2.61. The fourth-order valence-electron chi connectivity index (χ4n) is 10.5. The van der Waals surface area contributed by atoms with E-state index in [1.165, 1.54) is 26.2 Å². The van der Waals surface area contributed by atoms with Gasteiger partial charge >= 0.3 is 5.97 Å². The molecule has 0 saturated carbocycles. The minimum absolute atomic E-state index is 0.000887. The average Bonchev–Trinajstić information content (AvgIpc) is 3.76. The molecule has 3 saturated heterocycles. The molecule has 1 aromatic heterocycles. The number of aliphatic hydroxyl groups is 5. The van der Waals surface area contributed by atoms with Crippen molar-refractivity contribution in [3.63, 3.8) is 0 Å². The molecule has 0 amide bonds. The van der Waals surface area contributed by atoms with Crippen molar-refractivity contribution in [2.75, 3.05) is 39.6 Å². The summed E-state index contributed by atoms with van der Waals surface area (Å²) < 4.78 is 39.9. The minimum Gasteiger partial charge on any atom is -0.459 e. The molecule has 69 heavy (non-hydrogen) atoms. The Kier molecular flexibility index (Phi) is 19.1. The Morgan fingerprint density at radius 2 is 1.67 bits per heavy atom. The van der Waals surface area contributed by atoms with E-state index < -0.39 is 107 Å². The van der Waals surface area contributed by atoms with Gasteiger partial charge in [-0.1, -0.05) is 26.0 Å². The van der Waals surface area contributed by atoms with Crippen molar-refractivity contribution in [3.8, 4) is 0 Å². The summed E-state index contributed by atoms with van der Waals surface area (Å²) in [5.41, 5.74) is -3.20. The molecule has 18 atom stereocenters. The highest BCUT2D eigenvalue weighted by molar-refractivity contribution is 5.73. The first kappa shape index (κ1) is 56.5. The minimum atomic E-state index is -1.85. The number of aromatic nitrogens is 3. The zero-order valence-electron chi connectivity index (χ0n) is 42.8. The van der Waals surface area contributed by atoms with Crippen LogP contribution >= 0.6 is 0 Å². The Morgan fingerprint density at radius 1 is 1.00 bits per heavy atom. The van der Waals surface area contributed by atoms with Crippen molar-refractivity contribution in [3.05, 3.63) is 46.3 Å². The summed E-state index contributed by atoms with van der Waals surface area (Å²) in [5, 5.41) is 82.3. The van der Waals surface area contributed by atoms with E-state index in [-0.39, 0.29) is 37.0 Å². The molecule has 0 radical (unpaired) electrons. The topological polar surface area (TPSA) is 266 Å². The zero-order chi connectivity index (χ0) is 51.3. The largest absolute Gasteiger partial charge is 0.459 e. The van der Waals surface area contributed by atoms with Gasteiger partial charge in [-0.25, -0.2) is 0 Å². The van der Waals surface area contributed by atoms with E-state index >= 15 is 0 Å². The number of hydrogen-bond acceptors (Lipinski definition) is 19. The Bertz CT molecular complexity index is 1960. The summed E-state index contributed by atoms with van der Waals surface area (Å²) in [6, 6.07) is 5.07. The smallest absolute Gasteiger partial charge is 0.311 e. The number of nitro benzene ring substituents is 1. The first-order chi connectivity index (χ1) is 32.2. The number of rotatable bonds is 14. The lowest BCUT2D eigenvalue weighted by atomic mass is 9.77. The SMILES string of the molecule is CC[C@H]1OC(=O)[C@H](C)[C@@H](O[C@H]2C[C@@](C)(OC)[C@@H](O)[C@H](C)O2)[C@H](C)[C@@H](O[C@@H]2O[C@H](C)C[C@H](N(C)CCn3cc(CNc4ccc([N+](=O)[O-])cc4)nn3)[C@H]2O)[C@](C)(O)C[C@@H](C)CN(C)[C@H](C)[C@@H](O)[C@]1(C)O. The van der Waals surface area contributed by atoms with Gasteiger partial charge in [0.05, 0.1) is 65.7 Å². The fraction of sp³-hybridized carbons (Fsp3) is 0.812. The molecule has 3 aliphatic heterocycles. The fourth-order valence-corrected chi connectivity index (χ4v) is 10.5. The number of carbonyl (C=O) groups excluding carboxylic acids is 1. The number of carbonyl (C=O) groups is 1. The number of benzene rings is 1. The van der Waals surface area contributed by atoms with E-state index in [4.69, 9.17) is 28.4 Å². The van der Waals surface area contributed by atoms with Gasteiger partial charge in [-0.3, -0.25) is 24.5 Å². The molecule has 0 spiro atoms. The molecule has 3 aliphatic rings. The summed E-state index contributed by atoms with van der Waals surface area (Å²) in [4.78, 5) is 28.9. The van der Waals surface area contributed by atoms with Crippen LogP contribution in [0.5, 0.6) is 0 Å². The number of hydrogen-bond donors (Lipinski definition) is 6. The summed E-state index contributed by atoms with van der Waals surface area (Å²) in [6.07, 6.45) is -7.47. The van der Waals surface area contributed by atoms with Crippen LogP contribution in [0.25, 0.3) is 0 Å². The van der Waals surface area contributed by atoms with Gasteiger partial charge in [0.15, 0.2) is 12.6 Å². The number of aliphatic hydroxyl groups excluding tert-OH is 3. The van der Waals surface area contributed by atoms with Crippen molar-refractivity contribution < 1.29 is 63.7 Å². The van der Waals surface area contributed by atoms with Gasteiger partial charge in [0, 0.05) is 62.4 Å². The van der Waals surface area contributed by atoms with Crippen LogP contribution in [0.2, 0.25) is 0 Å². The zero-order valence-corrected chi connectivity index (χ0v) is 42.8. The van der Waals surface area contributed by atoms with Gasteiger partial charge in [-0.05, 0) is 99.9 Å².